The second-order valence-corrected chi connectivity index (χ2v) is 6.32. The van der Waals surface area contributed by atoms with E-state index in [1.165, 1.54) is 11.1 Å². The predicted octanol–water partition coefficient (Wildman–Crippen LogP) is 1.89. The van der Waals surface area contributed by atoms with Crippen LogP contribution in [0.4, 0.5) is 0 Å². The first kappa shape index (κ1) is 13.6. The number of amides is 1. The Kier molecular flexibility index (Phi) is 4.06. The summed E-state index contributed by atoms with van der Waals surface area (Å²) in [5, 5.41) is 3.17. The highest BCUT2D eigenvalue weighted by Crippen LogP contribution is 2.31. The van der Waals surface area contributed by atoms with Gasteiger partial charge in [0.1, 0.15) is 0 Å². The van der Waals surface area contributed by atoms with Crippen molar-refractivity contribution < 1.29 is 4.79 Å². The first-order chi connectivity index (χ1) is 9.78. The van der Waals surface area contributed by atoms with Crippen LogP contribution in [0, 0.1) is 17.8 Å². The Morgan fingerprint density at radius 2 is 1.90 bits per heavy atom. The Hall–Kier alpha value is -1.35. The normalized spacial score (nSPS) is 25.6. The molecular formula is C17H24N2O. The molecule has 3 nitrogen and oxygen atoms in total. The van der Waals surface area contributed by atoms with E-state index in [4.69, 9.17) is 5.73 Å². The summed E-state index contributed by atoms with van der Waals surface area (Å²) in [6.45, 7) is 1.45. The van der Waals surface area contributed by atoms with Gasteiger partial charge in [-0.1, -0.05) is 30.7 Å². The van der Waals surface area contributed by atoms with Crippen LogP contribution in [0.15, 0.2) is 24.3 Å². The quantitative estimate of drug-likeness (QED) is 0.879. The van der Waals surface area contributed by atoms with Gasteiger partial charge < -0.3 is 11.1 Å². The molecule has 1 fully saturated rings. The van der Waals surface area contributed by atoms with Crippen molar-refractivity contribution in [3.05, 3.63) is 35.4 Å². The minimum absolute atomic E-state index is 0.156. The van der Waals surface area contributed by atoms with Crippen LogP contribution in [0.25, 0.3) is 0 Å². The maximum absolute atomic E-state index is 12.3. The fourth-order valence-corrected chi connectivity index (χ4v) is 3.83. The van der Waals surface area contributed by atoms with E-state index >= 15 is 0 Å². The Morgan fingerprint density at radius 1 is 1.20 bits per heavy atom. The minimum Gasteiger partial charge on any atom is -0.356 e. The fraction of sp³-hybridized carbons (Fsp3) is 0.588. The number of carbonyl (C=O) groups excluding carboxylic acids is 1. The van der Waals surface area contributed by atoms with Gasteiger partial charge in [-0.25, -0.2) is 0 Å². The van der Waals surface area contributed by atoms with Crippen molar-refractivity contribution in [1.29, 1.82) is 0 Å². The van der Waals surface area contributed by atoms with E-state index in [0.717, 1.165) is 38.6 Å². The van der Waals surface area contributed by atoms with Crippen LogP contribution < -0.4 is 11.1 Å². The minimum atomic E-state index is 0.156. The molecule has 0 radical (unpaired) electrons. The second-order valence-electron chi connectivity index (χ2n) is 6.32. The standard InChI is InChI=1S/C17H24N2O/c18-10-15-6-3-7-16(15)17(20)19-11-12-8-13-4-1-2-5-14(13)9-12/h1-2,4-5,12,15-16H,3,6-11,18H2,(H,19,20)/t15-,16-/m1/s1. The molecule has 20 heavy (non-hydrogen) atoms. The molecule has 1 amide bonds. The van der Waals surface area contributed by atoms with Gasteiger partial charge in [-0.05, 0) is 55.2 Å². The lowest BCUT2D eigenvalue weighted by molar-refractivity contribution is -0.126. The molecule has 3 heteroatoms. The van der Waals surface area contributed by atoms with Crippen LogP contribution in [-0.2, 0) is 17.6 Å². The number of benzene rings is 1. The van der Waals surface area contributed by atoms with Gasteiger partial charge >= 0.3 is 0 Å². The lowest BCUT2D eigenvalue weighted by Crippen LogP contribution is -2.37. The van der Waals surface area contributed by atoms with Gasteiger partial charge in [0.05, 0.1) is 0 Å². The van der Waals surface area contributed by atoms with E-state index in [1.54, 1.807) is 0 Å². The molecule has 1 aromatic rings. The third-order valence-corrected chi connectivity index (χ3v) is 5.00. The van der Waals surface area contributed by atoms with Crippen molar-refractivity contribution in [3.63, 3.8) is 0 Å². The molecule has 0 spiro atoms. The highest BCUT2D eigenvalue weighted by Gasteiger charge is 2.32. The SMILES string of the molecule is NC[C@H]1CCC[C@H]1C(=O)NCC1Cc2ccccc2C1. The van der Waals surface area contributed by atoms with Gasteiger partial charge in [0.15, 0.2) is 0 Å². The Morgan fingerprint density at radius 3 is 2.55 bits per heavy atom. The van der Waals surface area contributed by atoms with Crippen LogP contribution in [0.2, 0.25) is 0 Å². The van der Waals surface area contributed by atoms with E-state index < -0.39 is 0 Å². The van der Waals surface area contributed by atoms with Crippen molar-refractivity contribution in [3.8, 4) is 0 Å². The van der Waals surface area contributed by atoms with Gasteiger partial charge in [0, 0.05) is 12.5 Å². The summed E-state index contributed by atoms with van der Waals surface area (Å²) < 4.78 is 0. The molecule has 3 rings (SSSR count). The summed E-state index contributed by atoms with van der Waals surface area (Å²) in [6.07, 6.45) is 5.47. The van der Waals surface area contributed by atoms with E-state index in [-0.39, 0.29) is 11.8 Å². The number of hydrogen-bond acceptors (Lipinski definition) is 2. The largest absolute Gasteiger partial charge is 0.356 e. The summed E-state index contributed by atoms with van der Waals surface area (Å²) in [5.74, 6) is 1.35. The van der Waals surface area contributed by atoms with Gasteiger partial charge in [-0.3, -0.25) is 4.79 Å². The van der Waals surface area contributed by atoms with Gasteiger partial charge in [0.25, 0.3) is 0 Å². The maximum atomic E-state index is 12.3. The van der Waals surface area contributed by atoms with Crippen molar-refractivity contribution in [1.82, 2.24) is 5.32 Å². The number of fused-ring (bicyclic) bond motifs is 1. The zero-order valence-corrected chi connectivity index (χ0v) is 12.0. The van der Waals surface area contributed by atoms with Gasteiger partial charge in [-0.2, -0.15) is 0 Å². The maximum Gasteiger partial charge on any atom is 0.223 e. The molecule has 1 aromatic carbocycles. The molecule has 0 unspecified atom stereocenters. The molecule has 0 aliphatic heterocycles. The average molecular weight is 272 g/mol. The predicted molar refractivity (Wildman–Crippen MR) is 80.2 cm³/mol. The summed E-state index contributed by atoms with van der Waals surface area (Å²) in [4.78, 5) is 12.3. The van der Waals surface area contributed by atoms with Crippen LogP contribution in [0.3, 0.4) is 0 Å². The van der Waals surface area contributed by atoms with E-state index in [2.05, 4.69) is 29.6 Å². The summed E-state index contributed by atoms with van der Waals surface area (Å²) in [6, 6.07) is 8.62. The molecule has 0 aromatic heterocycles. The first-order valence-electron chi connectivity index (χ1n) is 7.82. The average Bonchev–Trinajstić information content (AvgIpc) is 3.10. The number of nitrogens with one attached hydrogen (secondary N) is 1. The summed E-state index contributed by atoms with van der Waals surface area (Å²) >= 11 is 0. The van der Waals surface area contributed by atoms with Crippen LogP contribution in [0.5, 0.6) is 0 Å². The van der Waals surface area contributed by atoms with Crippen molar-refractivity contribution >= 4 is 5.91 Å². The van der Waals surface area contributed by atoms with E-state index in [1.807, 2.05) is 0 Å². The summed E-state index contributed by atoms with van der Waals surface area (Å²) in [7, 11) is 0. The number of nitrogens with two attached hydrogens (primary N) is 1. The molecule has 0 bridgehead atoms. The van der Waals surface area contributed by atoms with Crippen LogP contribution in [0.1, 0.15) is 30.4 Å². The molecule has 2 aliphatic carbocycles. The molecule has 3 N–H and O–H groups in total. The molecule has 1 saturated carbocycles. The van der Waals surface area contributed by atoms with Crippen LogP contribution in [-0.4, -0.2) is 19.0 Å². The van der Waals surface area contributed by atoms with E-state index in [0.29, 0.717) is 18.4 Å². The Balaban J connectivity index is 1.50. The Labute approximate surface area is 120 Å². The third kappa shape index (κ3) is 2.73. The molecule has 2 atom stereocenters. The highest BCUT2D eigenvalue weighted by molar-refractivity contribution is 5.79. The highest BCUT2D eigenvalue weighted by atomic mass is 16.1. The van der Waals surface area contributed by atoms with Crippen LogP contribution >= 0.6 is 0 Å². The molecule has 2 aliphatic rings. The number of rotatable bonds is 4. The number of hydrogen-bond donors (Lipinski definition) is 2. The smallest absolute Gasteiger partial charge is 0.223 e. The lowest BCUT2D eigenvalue weighted by atomic mass is 9.95. The zero-order valence-electron chi connectivity index (χ0n) is 12.0. The Bertz CT molecular complexity index is 461. The molecule has 0 saturated heterocycles. The fourth-order valence-electron chi connectivity index (χ4n) is 3.83. The molecule has 0 heterocycles. The topological polar surface area (TPSA) is 55.1 Å². The van der Waals surface area contributed by atoms with Crippen molar-refractivity contribution in [2.75, 3.05) is 13.1 Å². The van der Waals surface area contributed by atoms with Gasteiger partial charge in [-0.15, -0.1) is 0 Å². The van der Waals surface area contributed by atoms with Gasteiger partial charge in [0.2, 0.25) is 5.91 Å². The summed E-state index contributed by atoms with van der Waals surface area (Å²) in [5.41, 5.74) is 8.66. The second kappa shape index (κ2) is 5.96. The third-order valence-electron chi connectivity index (χ3n) is 5.00. The molecular weight excluding hydrogens is 248 g/mol. The lowest BCUT2D eigenvalue weighted by Gasteiger charge is -2.19. The zero-order chi connectivity index (χ0) is 13.9. The van der Waals surface area contributed by atoms with E-state index in [9.17, 15) is 4.79 Å². The van der Waals surface area contributed by atoms with Crippen molar-refractivity contribution in [2.24, 2.45) is 23.5 Å². The number of carbonyl (C=O) groups is 1. The molecule has 108 valence electrons. The first-order valence-corrected chi connectivity index (χ1v) is 7.82. The van der Waals surface area contributed by atoms with Crippen molar-refractivity contribution in [2.45, 2.75) is 32.1 Å². The monoisotopic (exact) mass is 272 g/mol.